The number of amidine groups is 1. The Hall–Kier alpha value is -3.36. The lowest BCUT2D eigenvalue weighted by Crippen LogP contribution is -2.58. The van der Waals surface area contributed by atoms with Crippen molar-refractivity contribution in [3.63, 3.8) is 0 Å². The van der Waals surface area contributed by atoms with Crippen LogP contribution >= 0.6 is 0 Å². The van der Waals surface area contributed by atoms with Gasteiger partial charge in [0.1, 0.15) is 17.1 Å². The highest BCUT2D eigenvalue weighted by molar-refractivity contribution is 7.89. The summed E-state index contributed by atoms with van der Waals surface area (Å²) in [7, 11) is -3.59. The van der Waals surface area contributed by atoms with Crippen molar-refractivity contribution in [2.24, 2.45) is 4.99 Å². The Morgan fingerprint density at radius 2 is 1.70 bits per heavy atom. The molecule has 1 saturated carbocycles. The number of nitrogens with zero attached hydrogens (tertiary/aromatic N) is 3. The smallest absolute Gasteiger partial charge is 0.406 e. The van der Waals surface area contributed by atoms with Gasteiger partial charge in [-0.15, -0.1) is 13.2 Å². The summed E-state index contributed by atoms with van der Waals surface area (Å²) in [6, 6.07) is 9.24. The molecule has 3 heterocycles. The maximum absolute atomic E-state index is 13.4. The molecule has 0 radical (unpaired) electrons. The topological polar surface area (TPSA) is 124 Å². The van der Waals surface area contributed by atoms with Crippen LogP contribution in [0.25, 0.3) is 0 Å². The molecule has 43 heavy (non-hydrogen) atoms. The van der Waals surface area contributed by atoms with Gasteiger partial charge in [-0.3, -0.25) is 4.79 Å². The standard InChI is InChI=1S/C29H34F3N5O5S/c1-18-15-21(37-17-33-26(39)28(37)8-9-28)16-19(2)23(18)7-14-43(40,41)36-12-10-27(11-13-36)25(38)34-24(35-27)20-3-5-22(6-4-20)42-29(30,31)32/h3-6,15-16,25,38H,7-14,17H2,1-2H3,(H,33,39)(H,34,35). The van der Waals surface area contributed by atoms with Crippen molar-refractivity contribution in [1.82, 2.24) is 14.9 Å². The monoisotopic (exact) mass is 621 g/mol. The number of aryl methyl sites for hydroxylation is 2. The van der Waals surface area contributed by atoms with E-state index >= 15 is 0 Å². The van der Waals surface area contributed by atoms with Gasteiger partial charge < -0.3 is 25.4 Å². The molecule has 1 aliphatic carbocycles. The highest BCUT2D eigenvalue weighted by Gasteiger charge is 2.58. The zero-order chi connectivity index (χ0) is 30.8. The Balaban J connectivity index is 1.06. The number of hydrogen-bond acceptors (Lipinski definition) is 8. The molecule has 2 saturated heterocycles. The third-order valence-electron chi connectivity index (χ3n) is 9.15. The Labute approximate surface area is 248 Å². The van der Waals surface area contributed by atoms with E-state index in [1.54, 1.807) is 0 Å². The van der Waals surface area contributed by atoms with Crippen LogP contribution in [0, 0.1) is 13.8 Å². The largest absolute Gasteiger partial charge is 0.573 e. The van der Waals surface area contributed by atoms with E-state index in [1.807, 2.05) is 26.0 Å². The number of rotatable bonds is 7. The molecular weight excluding hydrogens is 587 g/mol. The van der Waals surface area contributed by atoms with E-state index in [4.69, 9.17) is 0 Å². The molecule has 3 N–H and O–H groups in total. The number of anilines is 1. The normalized spacial score (nSPS) is 22.9. The van der Waals surface area contributed by atoms with Crippen LogP contribution < -0.4 is 20.3 Å². The number of amides is 1. The summed E-state index contributed by atoms with van der Waals surface area (Å²) in [5.74, 6) is -0.0212. The molecular formula is C29H34F3N5O5S. The molecule has 6 rings (SSSR count). The highest BCUT2D eigenvalue weighted by Crippen LogP contribution is 2.47. The summed E-state index contributed by atoms with van der Waals surface area (Å²) in [6.07, 6.45) is -3.27. The van der Waals surface area contributed by atoms with Crippen LogP contribution in [-0.2, 0) is 21.2 Å². The van der Waals surface area contributed by atoms with Gasteiger partial charge in [-0.25, -0.2) is 17.7 Å². The number of halogens is 3. The van der Waals surface area contributed by atoms with E-state index in [1.165, 1.54) is 28.6 Å². The maximum atomic E-state index is 13.4. The number of benzene rings is 2. The van der Waals surface area contributed by atoms with E-state index in [0.29, 0.717) is 37.3 Å². The Morgan fingerprint density at radius 3 is 2.28 bits per heavy atom. The fourth-order valence-electron chi connectivity index (χ4n) is 6.51. The lowest BCUT2D eigenvalue weighted by Gasteiger charge is -2.40. The highest BCUT2D eigenvalue weighted by atomic mass is 32.2. The van der Waals surface area contributed by atoms with Crippen molar-refractivity contribution in [3.8, 4) is 5.75 Å². The summed E-state index contributed by atoms with van der Waals surface area (Å²) in [5, 5.41) is 16.9. The number of alkyl halides is 3. The van der Waals surface area contributed by atoms with E-state index in [9.17, 15) is 31.5 Å². The molecule has 14 heteroatoms. The zero-order valence-electron chi connectivity index (χ0n) is 23.9. The van der Waals surface area contributed by atoms with Gasteiger partial charge in [0.05, 0.1) is 18.0 Å². The molecule has 2 spiro atoms. The first kappa shape index (κ1) is 29.7. The minimum absolute atomic E-state index is 0.0567. The van der Waals surface area contributed by atoms with E-state index < -0.39 is 33.7 Å². The van der Waals surface area contributed by atoms with Gasteiger partial charge in [0, 0.05) is 24.3 Å². The van der Waals surface area contributed by atoms with Gasteiger partial charge in [0.25, 0.3) is 0 Å². The Bertz CT molecular complexity index is 1540. The first-order chi connectivity index (χ1) is 20.2. The van der Waals surface area contributed by atoms with Crippen LogP contribution in [-0.4, -0.2) is 78.8 Å². The molecule has 232 valence electrons. The second kappa shape index (κ2) is 10.4. The molecule has 1 atom stereocenters. The van der Waals surface area contributed by atoms with Crippen molar-refractivity contribution in [3.05, 3.63) is 58.7 Å². The molecule has 0 aromatic heterocycles. The fourth-order valence-corrected chi connectivity index (χ4v) is 7.97. The second-order valence-electron chi connectivity index (χ2n) is 11.9. The third-order valence-corrected chi connectivity index (χ3v) is 11.0. The quantitative estimate of drug-likeness (QED) is 0.435. The fraction of sp³-hybridized carbons (Fsp3) is 0.517. The number of sulfonamides is 1. The van der Waals surface area contributed by atoms with Crippen LogP contribution in [0.15, 0.2) is 41.4 Å². The van der Waals surface area contributed by atoms with Crippen molar-refractivity contribution in [2.75, 3.05) is 30.4 Å². The number of carbonyl (C=O) groups is 1. The van der Waals surface area contributed by atoms with Crippen molar-refractivity contribution in [1.29, 1.82) is 0 Å². The zero-order valence-corrected chi connectivity index (χ0v) is 24.7. The van der Waals surface area contributed by atoms with Crippen LogP contribution in [0.2, 0.25) is 0 Å². The van der Waals surface area contributed by atoms with Gasteiger partial charge in [-0.2, -0.15) is 0 Å². The lowest BCUT2D eigenvalue weighted by molar-refractivity contribution is -0.274. The molecule has 1 unspecified atom stereocenters. The number of aliphatic imine (C=N–C) groups is 1. The van der Waals surface area contributed by atoms with Gasteiger partial charge in [0.2, 0.25) is 15.9 Å². The summed E-state index contributed by atoms with van der Waals surface area (Å²) in [4.78, 5) is 18.7. The number of carbonyl (C=O) groups excluding carboxylic acids is 1. The SMILES string of the molecule is Cc1cc(N2CNC(=O)C23CC3)cc(C)c1CCS(=O)(=O)N1CCC2(CC1)NC(c1ccc(OC(F)(F)F)cc1)=NC2O. The number of hydrogen-bond donors (Lipinski definition) is 3. The van der Waals surface area contributed by atoms with Crippen LogP contribution in [0.4, 0.5) is 18.9 Å². The van der Waals surface area contributed by atoms with Gasteiger partial charge in [-0.1, -0.05) is 0 Å². The van der Waals surface area contributed by atoms with E-state index in [2.05, 4.69) is 25.3 Å². The second-order valence-corrected chi connectivity index (χ2v) is 13.9. The molecule has 3 aliphatic heterocycles. The molecule has 1 amide bonds. The number of ether oxygens (including phenoxy) is 1. The van der Waals surface area contributed by atoms with Gasteiger partial charge in [0.15, 0.2) is 6.23 Å². The third kappa shape index (κ3) is 5.55. The van der Waals surface area contributed by atoms with E-state index in [0.717, 1.165) is 35.2 Å². The number of aliphatic hydroxyl groups excluding tert-OH is 1. The van der Waals surface area contributed by atoms with Crippen molar-refractivity contribution in [2.45, 2.75) is 69.6 Å². The van der Waals surface area contributed by atoms with E-state index in [-0.39, 0.29) is 30.5 Å². The molecule has 3 fully saturated rings. The number of nitrogens with one attached hydrogen (secondary N) is 2. The molecule has 2 aromatic rings. The Morgan fingerprint density at radius 1 is 1.07 bits per heavy atom. The van der Waals surface area contributed by atoms with Crippen LogP contribution in [0.3, 0.4) is 0 Å². The average Bonchev–Trinajstić information content (AvgIpc) is 3.59. The minimum Gasteiger partial charge on any atom is -0.406 e. The lowest BCUT2D eigenvalue weighted by atomic mass is 9.87. The summed E-state index contributed by atoms with van der Waals surface area (Å²) < 4.78 is 69.5. The molecule has 2 aromatic carbocycles. The van der Waals surface area contributed by atoms with Gasteiger partial charge >= 0.3 is 6.36 Å². The van der Waals surface area contributed by atoms with Crippen LogP contribution in [0.5, 0.6) is 5.75 Å². The number of piperidine rings is 1. The minimum atomic E-state index is -4.80. The molecule has 4 aliphatic rings. The summed E-state index contributed by atoms with van der Waals surface area (Å²) >= 11 is 0. The molecule has 0 bridgehead atoms. The first-order valence-electron chi connectivity index (χ1n) is 14.3. The summed E-state index contributed by atoms with van der Waals surface area (Å²) in [5.41, 5.74) is 3.10. The van der Waals surface area contributed by atoms with Gasteiger partial charge in [-0.05, 0) is 99.0 Å². The van der Waals surface area contributed by atoms with Crippen molar-refractivity contribution < 1.29 is 36.2 Å². The predicted molar refractivity (Wildman–Crippen MR) is 153 cm³/mol. The first-order valence-corrected chi connectivity index (χ1v) is 15.9. The number of aliphatic hydroxyl groups is 1. The summed E-state index contributed by atoms with van der Waals surface area (Å²) in [6.45, 7) is 4.80. The van der Waals surface area contributed by atoms with Crippen LogP contribution in [0.1, 0.15) is 47.9 Å². The van der Waals surface area contributed by atoms with Crippen molar-refractivity contribution >= 4 is 27.5 Å². The Kier molecular flexibility index (Phi) is 7.17. The maximum Gasteiger partial charge on any atom is 0.573 e. The predicted octanol–water partition coefficient (Wildman–Crippen LogP) is 2.70. The average molecular weight is 622 g/mol. The molecule has 10 nitrogen and oxygen atoms in total.